The van der Waals surface area contributed by atoms with E-state index < -0.39 is 5.97 Å². The van der Waals surface area contributed by atoms with Gasteiger partial charge in [-0.05, 0) is 6.42 Å². The van der Waals surface area contributed by atoms with Crippen molar-refractivity contribution in [3.63, 3.8) is 0 Å². The number of hydrogen-bond donors (Lipinski definition) is 2. The van der Waals surface area contributed by atoms with Crippen LogP contribution in [0.2, 0.25) is 0 Å². The van der Waals surface area contributed by atoms with Crippen molar-refractivity contribution in [2.24, 2.45) is 11.1 Å². The Labute approximate surface area is 77.9 Å². The molecule has 72 valence electrons. The number of hydrogen-bond acceptors (Lipinski definition) is 2. The molecule has 0 aliphatic heterocycles. The fourth-order valence-electron chi connectivity index (χ4n) is 1.44. The monoisotopic (exact) mass is 181 g/mol. The number of aliphatic carboxylic acids is 1. The molecule has 3 heteroatoms. The molecule has 3 nitrogen and oxygen atoms in total. The molecule has 0 saturated carbocycles. The fourth-order valence-corrected chi connectivity index (χ4v) is 1.44. The second-order valence-corrected chi connectivity index (χ2v) is 3.70. The highest BCUT2D eigenvalue weighted by molar-refractivity contribution is 5.67. The van der Waals surface area contributed by atoms with E-state index in [1.807, 2.05) is 31.2 Å². The predicted octanol–water partition coefficient (Wildman–Crippen LogP) is 1.31. The Morgan fingerprint density at radius 3 is 2.85 bits per heavy atom. The third-order valence-corrected chi connectivity index (χ3v) is 2.52. The molecule has 0 aromatic rings. The van der Waals surface area contributed by atoms with Gasteiger partial charge in [-0.3, -0.25) is 4.79 Å². The molecule has 0 radical (unpaired) electrons. The van der Waals surface area contributed by atoms with E-state index in [2.05, 4.69) is 0 Å². The Morgan fingerprint density at radius 2 is 2.38 bits per heavy atom. The van der Waals surface area contributed by atoms with E-state index in [9.17, 15) is 4.79 Å². The topological polar surface area (TPSA) is 63.3 Å². The van der Waals surface area contributed by atoms with Crippen LogP contribution in [0.15, 0.2) is 24.3 Å². The van der Waals surface area contributed by atoms with Crippen molar-refractivity contribution in [2.45, 2.75) is 25.8 Å². The summed E-state index contributed by atoms with van der Waals surface area (Å²) in [6, 6.07) is -0.314. The van der Waals surface area contributed by atoms with Crippen LogP contribution in [0.1, 0.15) is 19.8 Å². The number of carbonyl (C=O) groups is 1. The molecule has 0 bridgehead atoms. The fraction of sp³-hybridized carbons (Fsp3) is 0.500. The minimum Gasteiger partial charge on any atom is -0.481 e. The van der Waals surface area contributed by atoms with Crippen LogP contribution in [0.3, 0.4) is 0 Å². The first-order valence-corrected chi connectivity index (χ1v) is 4.36. The Kier molecular flexibility index (Phi) is 2.88. The zero-order valence-corrected chi connectivity index (χ0v) is 7.73. The minimum atomic E-state index is -0.836. The molecule has 0 heterocycles. The number of allylic oxidation sites excluding steroid dienone is 3. The van der Waals surface area contributed by atoms with Crippen LogP contribution < -0.4 is 5.73 Å². The molecular weight excluding hydrogens is 166 g/mol. The highest BCUT2D eigenvalue weighted by Crippen LogP contribution is 2.31. The summed E-state index contributed by atoms with van der Waals surface area (Å²) in [5, 5.41) is 8.61. The van der Waals surface area contributed by atoms with Gasteiger partial charge < -0.3 is 10.8 Å². The maximum absolute atomic E-state index is 10.5. The molecular formula is C10H15NO2. The van der Waals surface area contributed by atoms with Gasteiger partial charge in [-0.1, -0.05) is 31.2 Å². The summed E-state index contributed by atoms with van der Waals surface area (Å²) in [4.78, 5) is 10.5. The molecule has 0 saturated heterocycles. The van der Waals surface area contributed by atoms with Crippen molar-refractivity contribution in [3.05, 3.63) is 24.3 Å². The molecule has 3 N–H and O–H groups in total. The molecule has 0 amide bonds. The molecule has 0 aromatic heterocycles. The van der Waals surface area contributed by atoms with Crippen molar-refractivity contribution in [3.8, 4) is 0 Å². The first kappa shape index (κ1) is 9.99. The highest BCUT2D eigenvalue weighted by Gasteiger charge is 2.30. The Balaban J connectivity index is 2.64. The Hall–Kier alpha value is -1.09. The molecule has 0 fully saturated rings. The van der Waals surface area contributed by atoms with Gasteiger partial charge in [0.2, 0.25) is 0 Å². The third-order valence-electron chi connectivity index (χ3n) is 2.52. The summed E-state index contributed by atoms with van der Waals surface area (Å²) in [5.74, 6) is -0.836. The summed E-state index contributed by atoms with van der Waals surface area (Å²) < 4.78 is 0. The average molecular weight is 181 g/mol. The number of carboxylic acids is 1. The normalized spacial score (nSPS) is 28.8. The molecule has 1 aliphatic carbocycles. The molecule has 0 aromatic carbocycles. The summed E-state index contributed by atoms with van der Waals surface area (Å²) in [6.07, 6.45) is 8.72. The van der Waals surface area contributed by atoms with Gasteiger partial charge in [0.25, 0.3) is 0 Å². The largest absolute Gasteiger partial charge is 0.481 e. The molecule has 2 atom stereocenters. The highest BCUT2D eigenvalue weighted by atomic mass is 16.4. The van der Waals surface area contributed by atoms with Crippen molar-refractivity contribution in [2.75, 3.05) is 0 Å². The van der Waals surface area contributed by atoms with Gasteiger partial charge in [-0.2, -0.15) is 0 Å². The van der Waals surface area contributed by atoms with E-state index >= 15 is 0 Å². The summed E-state index contributed by atoms with van der Waals surface area (Å²) in [7, 11) is 0. The summed E-state index contributed by atoms with van der Waals surface area (Å²) >= 11 is 0. The number of rotatable bonds is 3. The lowest BCUT2D eigenvalue weighted by atomic mass is 9.76. The molecule has 0 spiro atoms. The quantitative estimate of drug-likeness (QED) is 0.690. The van der Waals surface area contributed by atoms with E-state index in [4.69, 9.17) is 10.8 Å². The third kappa shape index (κ3) is 2.42. The van der Waals surface area contributed by atoms with E-state index in [1.165, 1.54) is 0 Å². The minimum absolute atomic E-state index is 0.0225. The summed E-state index contributed by atoms with van der Waals surface area (Å²) in [5.41, 5.74) is 5.62. The lowest BCUT2D eigenvalue weighted by Crippen LogP contribution is -2.40. The lowest BCUT2D eigenvalue weighted by Gasteiger charge is -2.32. The standard InChI is InChI=1S/C10H15NO2/c1-10(5-3-2-4-6-10)8(11)7-9(12)13/h2-5,8H,6-7,11H2,1H3,(H,12,13). The van der Waals surface area contributed by atoms with Crippen LogP contribution in [0.5, 0.6) is 0 Å². The first-order chi connectivity index (χ1) is 6.04. The van der Waals surface area contributed by atoms with Crippen LogP contribution in [-0.4, -0.2) is 17.1 Å². The van der Waals surface area contributed by atoms with Gasteiger partial charge >= 0.3 is 5.97 Å². The van der Waals surface area contributed by atoms with Gasteiger partial charge in [0.05, 0.1) is 6.42 Å². The smallest absolute Gasteiger partial charge is 0.304 e. The van der Waals surface area contributed by atoms with Gasteiger partial charge in [0.15, 0.2) is 0 Å². The van der Waals surface area contributed by atoms with Crippen molar-refractivity contribution in [1.29, 1.82) is 0 Å². The average Bonchev–Trinajstić information content (AvgIpc) is 2.04. The molecule has 2 unspecified atom stereocenters. The number of nitrogens with two attached hydrogens (primary N) is 1. The molecule has 13 heavy (non-hydrogen) atoms. The molecule has 1 aliphatic rings. The molecule has 1 rings (SSSR count). The second-order valence-electron chi connectivity index (χ2n) is 3.70. The first-order valence-electron chi connectivity index (χ1n) is 4.36. The van der Waals surface area contributed by atoms with Crippen LogP contribution in [-0.2, 0) is 4.79 Å². The Bertz CT molecular complexity index is 258. The SMILES string of the molecule is CC1(C(N)CC(=O)O)C=CC=CC1. The van der Waals surface area contributed by atoms with Crippen LogP contribution in [0.25, 0.3) is 0 Å². The van der Waals surface area contributed by atoms with Crippen LogP contribution in [0, 0.1) is 5.41 Å². The van der Waals surface area contributed by atoms with Crippen molar-refractivity contribution >= 4 is 5.97 Å². The van der Waals surface area contributed by atoms with E-state index in [0.29, 0.717) is 0 Å². The van der Waals surface area contributed by atoms with Crippen molar-refractivity contribution < 1.29 is 9.90 Å². The maximum atomic E-state index is 10.5. The van der Waals surface area contributed by atoms with Crippen molar-refractivity contribution in [1.82, 2.24) is 0 Å². The zero-order chi connectivity index (χ0) is 9.90. The maximum Gasteiger partial charge on any atom is 0.304 e. The van der Waals surface area contributed by atoms with Gasteiger partial charge in [-0.15, -0.1) is 0 Å². The van der Waals surface area contributed by atoms with Gasteiger partial charge in [0.1, 0.15) is 0 Å². The zero-order valence-electron chi connectivity index (χ0n) is 7.73. The number of carboxylic acid groups (broad SMARTS) is 1. The van der Waals surface area contributed by atoms with E-state index in [0.717, 1.165) is 6.42 Å². The Morgan fingerprint density at radius 1 is 1.69 bits per heavy atom. The van der Waals surface area contributed by atoms with Crippen LogP contribution >= 0.6 is 0 Å². The summed E-state index contributed by atoms with van der Waals surface area (Å²) in [6.45, 7) is 1.99. The van der Waals surface area contributed by atoms with Crippen LogP contribution in [0.4, 0.5) is 0 Å². The van der Waals surface area contributed by atoms with Gasteiger partial charge in [-0.25, -0.2) is 0 Å². The van der Waals surface area contributed by atoms with Gasteiger partial charge in [0, 0.05) is 11.5 Å². The predicted molar refractivity (Wildman–Crippen MR) is 51.2 cm³/mol. The van der Waals surface area contributed by atoms with E-state index in [1.54, 1.807) is 0 Å². The lowest BCUT2D eigenvalue weighted by molar-refractivity contribution is -0.137. The van der Waals surface area contributed by atoms with E-state index in [-0.39, 0.29) is 17.9 Å². The second kappa shape index (κ2) is 3.75.